The molecule has 7 heteroatoms. The Labute approximate surface area is 172 Å². The fourth-order valence-corrected chi connectivity index (χ4v) is 3.84. The fourth-order valence-electron chi connectivity index (χ4n) is 3.59. The lowest BCUT2D eigenvalue weighted by atomic mass is 9.97. The molecule has 0 aliphatic heterocycles. The average Bonchev–Trinajstić information content (AvgIpc) is 3.11. The molecule has 0 fully saturated rings. The number of aromatic amines is 2. The van der Waals surface area contributed by atoms with Crippen molar-refractivity contribution in [1.29, 1.82) is 5.26 Å². The molecule has 0 atom stereocenters. The van der Waals surface area contributed by atoms with Gasteiger partial charge in [-0.25, -0.2) is 5.10 Å². The van der Waals surface area contributed by atoms with Crippen LogP contribution in [0.25, 0.3) is 16.9 Å². The molecule has 2 heterocycles. The van der Waals surface area contributed by atoms with E-state index in [4.69, 9.17) is 12.2 Å². The number of fused-ring (bicyclic) bond motifs is 1. The molecule has 0 unspecified atom stereocenters. The molecule has 0 amide bonds. The lowest BCUT2D eigenvalue weighted by Gasteiger charge is -2.11. The Bertz CT molecular complexity index is 1340. The largest absolute Gasteiger partial charge is 0.290 e. The van der Waals surface area contributed by atoms with E-state index >= 15 is 0 Å². The van der Waals surface area contributed by atoms with Crippen molar-refractivity contribution in [2.45, 2.75) is 26.2 Å². The summed E-state index contributed by atoms with van der Waals surface area (Å²) in [7, 11) is 0. The van der Waals surface area contributed by atoms with E-state index in [0.717, 1.165) is 35.2 Å². The molecule has 0 saturated heterocycles. The Morgan fingerprint density at radius 3 is 2.66 bits per heavy atom. The van der Waals surface area contributed by atoms with Crippen LogP contribution in [0.15, 0.2) is 53.3 Å². The minimum atomic E-state index is -0.145. The highest BCUT2D eigenvalue weighted by Gasteiger charge is 2.15. The Morgan fingerprint density at radius 1 is 1.17 bits per heavy atom. The summed E-state index contributed by atoms with van der Waals surface area (Å²) in [4.78, 5) is 15.5. The lowest BCUT2D eigenvalue weighted by Crippen LogP contribution is -2.20. The van der Waals surface area contributed by atoms with Gasteiger partial charge in [-0.3, -0.25) is 14.2 Å². The number of rotatable bonds is 5. The van der Waals surface area contributed by atoms with Crippen LogP contribution in [-0.4, -0.2) is 19.6 Å². The number of nitrogens with zero attached hydrogens (tertiary/aromatic N) is 3. The van der Waals surface area contributed by atoms with Crippen molar-refractivity contribution < 1.29 is 0 Å². The molecule has 0 spiro atoms. The van der Waals surface area contributed by atoms with E-state index in [-0.39, 0.29) is 5.56 Å². The maximum absolute atomic E-state index is 12.7. The van der Waals surface area contributed by atoms with Crippen molar-refractivity contribution in [3.05, 3.63) is 86.0 Å². The molecule has 2 aromatic heterocycles. The minimum Gasteiger partial charge on any atom is -0.290 e. The molecule has 4 rings (SSSR count). The first-order chi connectivity index (χ1) is 14.1. The van der Waals surface area contributed by atoms with Crippen LogP contribution in [0.4, 0.5) is 0 Å². The molecule has 2 aromatic carbocycles. The quantitative estimate of drug-likeness (QED) is 0.491. The molecular weight excluding hydrogens is 382 g/mol. The van der Waals surface area contributed by atoms with E-state index < -0.39 is 0 Å². The summed E-state index contributed by atoms with van der Waals surface area (Å²) in [6.07, 6.45) is 2.12. The van der Waals surface area contributed by atoms with Gasteiger partial charge in [0.15, 0.2) is 0 Å². The van der Waals surface area contributed by atoms with Gasteiger partial charge in [-0.1, -0.05) is 55.8 Å². The third-order valence-electron chi connectivity index (χ3n) is 4.97. The van der Waals surface area contributed by atoms with Crippen LogP contribution < -0.4 is 5.56 Å². The number of nitriles is 1. The Balaban J connectivity index is 1.74. The molecule has 0 bridgehead atoms. The second kappa shape index (κ2) is 7.86. The maximum atomic E-state index is 12.7. The molecule has 2 N–H and O–H groups in total. The molecule has 0 aliphatic rings. The zero-order valence-electron chi connectivity index (χ0n) is 15.9. The fraction of sp³-hybridized carbons (Fsp3) is 0.182. The van der Waals surface area contributed by atoms with Crippen LogP contribution in [0.2, 0.25) is 0 Å². The van der Waals surface area contributed by atoms with Crippen molar-refractivity contribution >= 4 is 18.0 Å². The number of nitrogens with one attached hydrogen (secondary N) is 2. The minimum absolute atomic E-state index is 0.145. The van der Waals surface area contributed by atoms with E-state index in [1.54, 1.807) is 0 Å². The Hall–Kier alpha value is -3.50. The van der Waals surface area contributed by atoms with E-state index in [9.17, 15) is 10.1 Å². The number of aryl methyl sites for hydroxylation is 1. The number of H-pyrrole nitrogens is 2. The highest BCUT2D eigenvalue weighted by atomic mass is 32.1. The van der Waals surface area contributed by atoms with Gasteiger partial charge in [0.1, 0.15) is 0 Å². The Morgan fingerprint density at radius 2 is 1.93 bits per heavy atom. The van der Waals surface area contributed by atoms with E-state index in [2.05, 4.69) is 28.2 Å². The number of benzene rings is 2. The first-order valence-corrected chi connectivity index (χ1v) is 9.82. The lowest BCUT2D eigenvalue weighted by molar-refractivity contribution is 0.815. The molecule has 0 radical (unpaired) electrons. The first kappa shape index (κ1) is 18.8. The van der Waals surface area contributed by atoms with Crippen LogP contribution in [0.5, 0.6) is 0 Å². The van der Waals surface area contributed by atoms with Crippen LogP contribution in [0, 0.1) is 16.1 Å². The van der Waals surface area contributed by atoms with E-state index in [1.807, 2.05) is 52.9 Å². The van der Waals surface area contributed by atoms with Gasteiger partial charge in [0.25, 0.3) is 5.56 Å². The Kier molecular flexibility index (Phi) is 5.10. The second-order valence-electron chi connectivity index (χ2n) is 6.85. The zero-order chi connectivity index (χ0) is 20.4. The third kappa shape index (κ3) is 3.50. The topological polar surface area (TPSA) is 89.7 Å². The summed E-state index contributed by atoms with van der Waals surface area (Å²) in [6, 6.07) is 17.7. The van der Waals surface area contributed by atoms with Gasteiger partial charge in [0.05, 0.1) is 11.6 Å². The molecule has 144 valence electrons. The van der Waals surface area contributed by atoms with Gasteiger partial charge in [-0.05, 0) is 41.4 Å². The molecular formula is C22H19N5OS. The zero-order valence-corrected chi connectivity index (χ0v) is 16.7. The van der Waals surface area contributed by atoms with E-state index in [1.165, 1.54) is 0 Å². The highest BCUT2D eigenvalue weighted by molar-refractivity contribution is 7.71. The summed E-state index contributed by atoms with van der Waals surface area (Å²) in [5, 5.41) is 16.2. The predicted octanol–water partition coefficient (Wildman–Crippen LogP) is 4.16. The average molecular weight is 401 g/mol. The van der Waals surface area contributed by atoms with Crippen molar-refractivity contribution in [1.82, 2.24) is 19.6 Å². The summed E-state index contributed by atoms with van der Waals surface area (Å²) in [5.41, 5.74) is 4.97. The summed E-state index contributed by atoms with van der Waals surface area (Å²) in [5.74, 6) is 0.440. The predicted molar refractivity (Wildman–Crippen MR) is 114 cm³/mol. The maximum Gasteiger partial charge on any atom is 0.256 e. The summed E-state index contributed by atoms with van der Waals surface area (Å²) in [6.45, 7) is 2.07. The molecule has 6 nitrogen and oxygen atoms in total. The molecule has 29 heavy (non-hydrogen) atoms. The van der Waals surface area contributed by atoms with Crippen LogP contribution in [0.3, 0.4) is 0 Å². The van der Waals surface area contributed by atoms with Gasteiger partial charge in [-0.15, -0.1) is 5.10 Å². The molecule has 4 aromatic rings. The SMILES string of the molecule is CCCc1c(Cc2ccc(-c3ccccc3C#N)cc2)c(=O)[nH]c2n[nH]c(=S)n12. The number of hydrogen-bond donors (Lipinski definition) is 2. The monoisotopic (exact) mass is 401 g/mol. The molecule has 0 aliphatic carbocycles. The summed E-state index contributed by atoms with van der Waals surface area (Å²) < 4.78 is 2.29. The van der Waals surface area contributed by atoms with Crippen molar-refractivity contribution in [2.24, 2.45) is 0 Å². The molecule has 0 saturated carbocycles. The number of hydrogen-bond acceptors (Lipinski definition) is 4. The van der Waals surface area contributed by atoms with Crippen LogP contribution >= 0.6 is 12.2 Å². The van der Waals surface area contributed by atoms with Gasteiger partial charge < -0.3 is 0 Å². The van der Waals surface area contributed by atoms with Gasteiger partial charge in [0.2, 0.25) is 10.5 Å². The van der Waals surface area contributed by atoms with Gasteiger partial charge in [0, 0.05) is 17.7 Å². The standard InChI is InChI=1S/C22H19N5OS/c1-2-5-19-18(20(28)24-21-25-26-22(29)27(19)21)12-14-8-10-15(11-9-14)17-7-4-3-6-16(17)13-23/h3-4,6-11H,2,5,12H2,1H3,(H,26,29)(H,24,25,28). The van der Waals surface area contributed by atoms with E-state index in [0.29, 0.717) is 28.1 Å². The smallest absolute Gasteiger partial charge is 0.256 e. The first-order valence-electron chi connectivity index (χ1n) is 9.42. The summed E-state index contributed by atoms with van der Waals surface area (Å²) >= 11 is 5.35. The van der Waals surface area contributed by atoms with Crippen molar-refractivity contribution in [3.63, 3.8) is 0 Å². The highest BCUT2D eigenvalue weighted by Crippen LogP contribution is 2.24. The van der Waals surface area contributed by atoms with Gasteiger partial charge >= 0.3 is 0 Å². The number of aromatic nitrogens is 4. The van der Waals surface area contributed by atoms with Crippen LogP contribution in [0.1, 0.15) is 35.7 Å². The van der Waals surface area contributed by atoms with Gasteiger partial charge in [-0.2, -0.15) is 5.26 Å². The second-order valence-corrected chi connectivity index (χ2v) is 7.23. The third-order valence-corrected chi connectivity index (χ3v) is 5.24. The normalized spacial score (nSPS) is 10.9. The van der Waals surface area contributed by atoms with Crippen LogP contribution in [-0.2, 0) is 12.8 Å². The van der Waals surface area contributed by atoms with Crippen molar-refractivity contribution in [3.8, 4) is 17.2 Å². The van der Waals surface area contributed by atoms with Crippen molar-refractivity contribution in [2.75, 3.05) is 0 Å².